The average molecular weight is 552 g/mol. The lowest BCUT2D eigenvalue weighted by Gasteiger charge is -2.23. The van der Waals surface area contributed by atoms with Gasteiger partial charge in [-0.15, -0.1) is 0 Å². The first-order valence-corrected chi connectivity index (χ1v) is 12.7. The quantitative estimate of drug-likeness (QED) is 0.166. The third-order valence-electron chi connectivity index (χ3n) is 5.81. The van der Waals surface area contributed by atoms with Crippen molar-refractivity contribution in [1.82, 2.24) is 16.0 Å². The standard InChI is InChI=1S/C28H33N5O7/c29-27(37)30-14-4-9-23(25(35)31-21-12-10-19(17-34)11-13-21)32-26(36)24(16-22-8-5-15-39-22)33-28(38)40-18-20-6-2-1-3-7-20/h1-3,5-8,10-13,15,23-24,34H,4,9,14,16-18H2,(H,31,35)(H,32,36)(H,33,38)(H3,29,30,37)/t23-,24-/m0/s1. The van der Waals surface area contributed by atoms with Gasteiger partial charge in [0, 0.05) is 18.7 Å². The van der Waals surface area contributed by atoms with E-state index in [2.05, 4.69) is 21.3 Å². The zero-order valence-electron chi connectivity index (χ0n) is 21.8. The van der Waals surface area contributed by atoms with Crippen LogP contribution in [0.5, 0.6) is 0 Å². The normalized spacial score (nSPS) is 12.0. The van der Waals surface area contributed by atoms with Crippen molar-refractivity contribution >= 4 is 29.6 Å². The van der Waals surface area contributed by atoms with E-state index in [0.29, 0.717) is 23.4 Å². The summed E-state index contributed by atoms with van der Waals surface area (Å²) >= 11 is 0. The maximum absolute atomic E-state index is 13.4. The second-order valence-corrected chi connectivity index (χ2v) is 8.88. The van der Waals surface area contributed by atoms with E-state index in [1.54, 1.807) is 48.5 Å². The van der Waals surface area contributed by atoms with E-state index in [-0.39, 0.29) is 32.6 Å². The van der Waals surface area contributed by atoms with Crippen LogP contribution in [-0.4, -0.2) is 47.7 Å². The number of aliphatic hydroxyl groups excluding tert-OH is 1. The van der Waals surface area contributed by atoms with Crippen LogP contribution < -0.4 is 27.0 Å². The molecule has 12 nitrogen and oxygen atoms in total. The van der Waals surface area contributed by atoms with Crippen molar-refractivity contribution in [2.45, 2.75) is 44.6 Å². The Bertz CT molecular complexity index is 1230. The van der Waals surface area contributed by atoms with Crippen molar-refractivity contribution in [2.75, 3.05) is 11.9 Å². The summed E-state index contributed by atoms with van der Waals surface area (Å²) in [5.74, 6) is -0.696. The van der Waals surface area contributed by atoms with E-state index in [9.17, 15) is 24.3 Å². The molecule has 5 amide bonds. The molecular formula is C28H33N5O7. The number of carbonyl (C=O) groups is 4. The summed E-state index contributed by atoms with van der Waals surface area (Å²) < 4.78 is 10.6. The number of alkyl carbamates (subject to hydrolysis) is 1. The number of furan rings is 1. The minimum Gasteiger partial charge on any atom is -0.469 e. The number of carbonyl (C=O) groups excluding carboxylic acids is 4. The lowest BCUT2D eigenvalue weighted by atomic mass is 10.1. The van der Waals surface area contributed by atoms with Gasteiger partial charge in [0.05, 0.1) is 12.9 Å². The van der Waals surface area contributed by atoms with Crippen molar-refractivity contribution in [1.29, 1.82) is 0 Å². The molecule has 212 valence electrons. The molecule has 0 aliphatic carbocycles. The fraction of sp³-hybridized carbons (Fsp3) is 0.286. The number of rotatable bonds is 14. The van der Waals surface area contributed by atoms with Crippen molar-refractivity contribution in [3.63, 3.8) is 0 Å². The molecule has 0 spiro atoms. The number of amides is 5. The molecule has 0 unspecified atom stereocenters. The highest BCUT2D eigenvalue weighted by Crippen LogP contribution is 2.12. The Balaban J connectivity index is 1.69. The summed E-state index contributed by atoms with van der Waals surface area (Å²) in [4.78, 5) is 50.1. The summed E-state index contributed by atoms with van der Waals surface area (Å²) in [5, 5.41) is 19.7. The summed E-state index contributed by atoms with van der Waals surface area (Å²) in [6.45, 7) is 0.0619. The van der Waals surface area contributed by atoms with Gasteiger partial charge in [0.15, 0.2) is 0 Å². The van der Waals surface area contributed by atoms with Crippen LogP contribution in [0.25, 0.3) is 0 Å². The molecule has 2 atom stereocenters. The highest BCUT2D eigenvalue weighted by molar-refractivity contribution is 5.98. The van der Waals surface area contributed by atoms with Gasteiger partial charge >= 0.3 is 12.1 Å². The molecule has 2 aromatic carbocycles. The number of hydrogen-bond acceptors (Lipinski definition) is 7. The lowest BCUT2D eigenvalue weighted by Crippen LogP contribution is -2.53. The van der Waals surface area contributed by atoms with Crippen LogP contribution in [0.2, 0.25) is 0 Å². The molecule has 12 heteroatoms. The summed E-state index contributed by atoms with van der Waals surface area (Å²) in [6.07, 6.45) is 1.14. The number of aliphatic hydroxyl groups is 1. The molecule has 1 aromatic heterocycles. The largest absolute Gasteiger partial charge is 0.469 e. The van der Waals surface area contributed by atoms with Gasteiger partial charge in [-0.3, -0.25) is 9.59 Å². The average Bonchev–Trinajstić information content (AvgIpc) is 3.47. The van der Waals surface area contributed by atoms with Gasteiger partial charge in [0.2, 0.25) is 11.8 Å². The van der Waals surface area contributed by atoms with Crippen LogP contribution in [0.15, 0.2) is 77.4 Å². The van der Waals surface area contributed by atoms with Gasteiger partial charge < -0.3 is 41.3 Å². The monoisotopic (exact) mass is 551 g/mol. The van der Waals surface area contributed by atoms with Gasteiger partial charge in [0.1, 0.15) is 24.5 Å². The number of hydrogen-bond donors (Lipinski definition) is 6. The van der Waals surface area contributed by atoms with Crippen LogP contribution in [0.4, 0.5) is 15.3 Å². The second-order valence-electron chi connectivity index (χ2n) is 8.88. The molecule has 0 aliphatic heterocycles. The van der Waals surface area contributed by atoms with Crippen molar-refractivity contribution < 1.29 is 33.4 Å². The van der Waals surface area contributed by atoms with E-state index >= 15 is 0 Å². The molecule has 3 aromatic rings. The maximum Gasteiger partial charge on any atom is 0.408 e. The topological polar surface area (TPSA) is 185 Å². The molecule has 3 rings (SSSR count). The molecule has 40 heavy (non-hydrogen) atoms. The highest BCUT2D eigenvalue weighted by atomic mass is 16.5. The predicted molar refractivity (Wildman–Crippen MR) is 146 cm³/mol. The predicted octanol–water partition coefficient (Wildman–Crippen LogP) is 2.18. The van der Waals surface area contributed by atoms with Gasteiger partial charge in [-0.2, -0.15) is 0 Å². The van der Waals surface area contributed by atoms with E-state index in [0.717, 1.165) is 5.56 Å². The zero-order chi connectivity index (χ0) is 28.7. The number of nitrogens with one attached hydrogen (secondary N) is 4. The van der Waals surface area contributed by atoms with Gasteiger partial charge in [-0.25, -0.2) is 9.59 Å². The van der Waals surface area contributed by atoms with Crippen molar-refractivity contribution in [2.24, 2.45) is 5.73 Å². The highest BCUT2D eigenvalue weighted by Gasteiger charge is 2.28. The third kappa shape index (κ3) is 10.1. The Morgan fingerprint density at radius 1 is 0.875 bits per heavy atom. The van der Waals surface area contributed by atoms with E-state index < -0.39 is 36.0 Å². The Morgan fingerprint density at radius 3 is 2.27 bits per heavy atom. The molecule has 1 heterocycles. The van der Waals surface area contributed by atoms with E-state index in [4.69, 9.17) is 14.9 Å². The molecule has 0 saturated carbocycles. The minimum absolute atomic E-state index is 0.00866. The first kappa shape index (κ1) is 29.7. The van der Waals surface area contributed by atoms with Crippen molar-refractivity contribution in [3.05, 3.63) is 89.9 Å². The molecular weight excluding hydrogens is 518 g/mol. The molecule has 0 radical (unpaired) electrons. The lowest BCUT2D eigenvalue weighted by molar-refractivity contribution is -0.128. The van der Waals surface area contributed by atoms with E-state index in [1.807, 2.05) is 18.2 Å². The number of nitrogens with two attached hydrogens (primary N) is 1. The van der Waals surface area contributed by atoms with Crippen LogP contribution in [0, 0.1) is 0 Å². The second kappa shape index (κ2) is 15.5. The van der Waals surface area contributed by atoms with Crippen LogP contribution in [0.1, 0.15) is 29.7 Å². The smallest absolute Gasteiger partial charge is 0.408 e. The van der Waals surface area contributed by atoms with Gasteiger partial charge in [-0.1, -0.05) is 42.5 Å². The van der Waals surface area contributed by atoms with E-state index in [1.165, 1.54) is 6.26 Å². The summed E-state index contributed by atoms with van der Waals surface area (Å²) in [6, 6.07) is 16.1. The molecule has 7 N–H and O–H groups in total. The molecule has 0 fully saturated rings. The fourth-order valence-electron chi connectivity index (χ4n) is 3.73. The van der Waals surface area contributed by atoms with Gasteiger partial charge in [0.25, 0.3) is 0 Å². The Morgan fingerprint density at radius 2 is 1.62 bits per heavy atom. The first-order chi connectivity index (χ1) is 19.3. The first-order valence-electron chi connectivity index (χ1n) is 12.7. The van der Waals surface area contributed by atoms with Crippen molar-refractivity contribution in [3.8, 4) is 0 Å². The molecule has 0 saturated heterocycles. The summed E-state index contributed by atoms with van der Waals surface area (Å²) in [5.41, 5.74) is 7.02. The number of benzene rings is 2. The van der Waals surface area contributed by atoms with Gasteiger partial charge in [-0.05, 0) is 48.2 Å². The Hall–Kier alpha value is -4.84. The third-order valence-corrected chi connectivity index (χ3v) is 5.81. The van der Waals surface area contributed by atoms with Crippen LogP contribution in [0.3, 0.4) is 0 Å². The fourth-order valence-corrected chi connectivity index (χ4v) is 3.73. The Kier molecular flexibility index (Phi) is 11.5. The number of primary amides is 1. The number of urea groups is 1. The number of ether oxygens (including phenoxy) is 1. The zero-order valence-corrected chi connectivity index (χ0v) is 21.8. The maximum atomic E-state index is 13.4. The molecule has 0 aliphatic rings. The SMILES string of the molecule is NC(=O)NCCC[C@H](NC(=O)[C@H](Cc1ccco1)NC(=O)OCc1ccccc1)C(=O)Nc1ccc(CO)cc1. The van der Waals surface area contributed by atoms with Crippen LogP contribution in [-0.2, 0) is 34.0 Å². The summed E-state index contributed by atoms with van der Waals surface area (Å²) in [7, 11) is 0. The van der Waals surface area contributed by atoms with Crippen LogP contribution >= 0.6 is 0 Å². The molecule has 0 bridgehead atoms. The number of anilines is 1. The minimum atomic E-state index is -1.11. The Labute approximate surface area is 231 Å².